The molecule has 110 valence electrons. The molecule has 0 radical (unpaired) electrons. The number of carboxylic acids is 1. The molecule has 6 nitrogen and oxygen atoms in total. The molecule has 0 aliphatic rings. The number of nitrogens with zero attached hydrogens (tertiary/aromatic N) is 1. The second-order valence-electron chi connectivity index (χ2n) is 4.57. The molecule has 0 spiro atoms. The number of benzene rings is 1. The highest BCUT2D eigenvalue weighted by atomic mass is 16.4. The van der Waals surface area contributed by atoms with E-state index in [0.717, 1.165) is 10.5 Å². The highest BCUT2D eigenvalue weighted by molar-refractivity contribution is 6.07. The van der Waals surface area contributed by atoms with Crippen LogP contribution >= 0.6 is 0 Å². The summed E-state index contributed by atoms with van der Waals surface area (Å²) in [5.41, 5.74) is 6.72. The molecule has 0 aliphatic carbocycles. The molecule has 6 heteroatoms. The molecule has 3 N–H and O–H groups in total. The van der Waals surface area contributed by atoms with Crippen LogP contribution < -0.4 is 10.6 Å². The van der Waals surface area contributed by atoms with Crippen LogP contribution in [0.15, 0.2) is 40.8 Å². The van der Waals surface area contributed by atoms with Crippen LogP contribution in [0.4, 0.5) is 5.88 Å². The monoisotopic (exact) mass is 288 g/mol. The zero-order valence-electron chi connectivity index (χ0n) is 11.6. The highest BCUT2D eigenvalue weighted by Gasteiger charge is 2.23. The van der Waals surface area contributed by atoms with Crippen LogP contribution in [0.1, 0.15) is 21.7 Å². The first-order chi connectivity index (χ1) is 10.0. The number of aliphatic carboxylic acids is 1. The van der Waals surface area contributed by atoms with Crippen molar-refractivity contribution >= 4 is 17.8 Å². The van der Waals surface area contributed by atoms with E-state index < -0.39 is 18.4 Å². The number of hydrogen-bond acceptors (Lipinski definition) is 4. The van der Waals surface area contributed by atoms with Gasteiger partial charge in [-0.1, -0.05) is 12.1 Å². The number of hydrogen-bond donors (Lipinski definition) is 2. The molecule has 2 aromatic rings. The van der Waals surface area contributed by atoms with E-state index in [2.05, 4.69) is 0 Å². The largest absolute Gasteiger partial charge is 0.480 e. The Balaban J connectivity index is 2.35. The summed E-state index contributed by atoms with van der Waals surface area (Å²) in [5.74, 6) is -0.753. The minimum Gasteiger partial charge on any atom is -0.480 e. The predicted octanol–water partition coefficient (Wildman–Crippen LogP) is 1.78. The van der Waals surface area contributed by atoms with Crippen LogP contribution in [-0.4, -0.2) is 23.5 Å². The van der Waals surface area contributed by atoms with Gasteiger partial charge in [-0.05, 0) is 30.7 Å². The Kier molecular flexibility index (Phi) is 4.39. The molecule has 1 aromatic carbocycles. The van der Waals surface area contributed by atoms with Crippen molar-refractivity contribution in [3.63, 3.8) is 0 Å². The molecule has 21 heavy (non-hydrogen) atoms. The third kappa shape index (κ3) is 3.49. The number of carbonyl (C=O) groups excluding carboxylic acids is 1. The SMILES string of the molecule is Cc1ccc(N(CC(=O)O)C(=O)c2cccc(CN)c2)o1. The summed E-state index contributed by atoms with van der Waals surface area (Å²) in [7, 11) is 0. The van der Waals surface area contributed by atoms with E-state index in [4.69, 9.17) is 15.3 Å². The number of carboxylic acid groups (broad SMARTS) is 1. The molecule has 0 saturated heterocycles. The first-order valence-corrected chi connectivity index (χ1v) is 6.40. The van der Waals surface area contributed by atoms with Gasteiger partial charge in [-0.15, -0.1) is 0 Å². The van der Waals surface area contributed by atoms with Crippen LogP contribution in [-0.2, 0) is 11.3 Å². The second-order valence-corrected chi connectivity index (χ2v) is 4.57. The molecule has 0 atom stereocenters. The lowest BCUT2D eigenvalue weighted by Gasteiger charge is -2.18. The molecular weight excluding hydrogens is 272 g/mol. The van der Waals surface area contributed by atoms with Crippen molar-refractivity contribution in [2.75, 3.05) is 11.4 Å². The Bertz CT molecular complexity index is 663. The summed E-state index contributed by atoms with van der Waals surface area (Å²) < 4.78 is 5.36. The van der Waals surface area contributed by atoms with E-state index in [0.29, 0.717) is 17.9 Å². The summed E-state index contributed by atoms with van der Waals surface area (Å²) in [6.45, 7) is 1.56. The summed E-state index contributed by atoms with van der Waals surface area (Å²) in [6.07, 6.45) is 0. The third-order valence-electron chi connectivity index (χ3n) is 2.94. The van der Waals surface area contributed by atoms with Gasteiger partial charge in [0.2, 0.25) is 5.88 Å². The van der Waals surface area contributed by atoms with Gasteiger partial charge in [-0.2, -0.15) is 0 Å². The van der Waals surface area contributed by atoms with Gasteiger partial charge in [-0.25, -0.2) is 0 Å². The third-order valence-corrected chi connectivity index (χ3v) is 2.94. The molecule has 0 unspecified atom stereocenters. The van der Waals surface area contributed by atoms with Crippen LogP contribution in [0.2, 0.25) is 0 Å². The molecule has 0 aliphatic heterocycles. The molecular formula is C15H16N2O4. The van der Waals surface area contributed by atoms with Gasteiger partial charge in [0.1, 0.15) is 12.3 Å². The Morgan fingerprint density at radius 2 is 2.05 bits per heavy atom. The Hall–Kier alpha value is -2.60. The number of carbonyl (C=O) groups is 2. The van der Waals surface area contributed by atoms with Crippen molar-refractivity contribution in [1.29, 1.82) is 0 Å². The minimum absolute atomic E-state index is 0.207. The molecule has 1 heterocycles. The van der Waals surface area contributed by atoms with E-state index in [1.165, 1.54) is 0 Å². The highest BCUT2D eigenvalue weighted by Crippen LogP contribution is 2.20. The van der Waals surface area contributed by atoms with E-state index in [9.17, 15) is 9.59 Å². The Morgan fingerprint density at radius 1 is 1.29 bits per heavy atom. The Labute approximate surface area is 121 Å². The van der Waals surface area contributed by atoms with Crippen molar-refractivity contribution in [3.8, 4) is 0 Å². The lowest BCUT2D eigenvalue weighted by Crippen LogP contribution is -2.35. The number of anilines is 1. The van der Waals surface area contributed by atoms with Crippen molar-refractivity contribution < 1.29 is 19.1 Å². The number of aryl methyl sites for hydroxylation is 1. The predicted molar refractivity (Wildman–Crippen MR) is 77.1 cm³/mol. The molecule has 0 bridgehead atoms. The van der Waals surface area contributed by atoms with Crippen molar-refractivity contribution in [2.24, 2.45) is 5.73 Å². The maximum atomic E-state index is 12.5. The average Bonchev–Trinajstić information content (AvgIpc) is 2.90. The fourth-order valence-corrected chi connectivity index (χ4v) is 1.94. The summed E-state index contributed by atoms with van der Waals surface area (Å²) in [4.78, 5) is 24.6. The van der Waals surface area contributed by atoms with Gasteiger partial charge in [0.05, 0.1) is 0 Å². The average molecular weight is 288 g/mol. The van der Waals surface area contributed by atoms with Crippen LogP contribution in [0, 0.1) is 6.92 Å². The van der Waals surface area contributed by atoms with Gasteiger partial charge in [-0.3, -0.25) is 14.5 Å². The molecule has 1 aromatic heterocycles. The van der Waals surface area contributed by atoms with E-state index in [-0.39, 0.29) is 5.88 Å². The van der Waals surface area contributed by atoms with Crippen molar-refractivity contribution in [1.82, 2.24) is 0 Å². The summed E-state index contributed by atoms with van der Waals surface area (Å²) in [6, 6.07) is 10.0. The zero-order valence-corrected chi connectivity index (χ0v) is 11.6. The van der Waals surface area contributed by atoms with Crippen molar-refractivity contribution in [3.05, 3.63) is 53.3 Å². The normalized spacial score (nSPS) is 10.4. The van der Waals surface area contributed by atoms with Gasteiger partial charge >= 0.3 is 5.97 Å². The number of furan rings is 1. The number of rotatable bonds is 5. The zero-order chi connectivity index (χ0) is 15.4. The smallest absolute Gasteiger partial charge is 0.323 e. The fourth-order valence-electron chi connectivity index (χ4n) is 1.94. The second kappa shape index (κ2) is 6.23. The van der Waals surface area contributed by atoms with Crippen LogP contribution in [0.25, 0.3) is 0 Å². The number of amides is 1. The lowest BCUT2D eigenvalue weighted by atomic mass is 10.1. The van der Waals surface area contributed by atoms with Gasteiger partial charge in [0.15, 0.2) is 0 Å². The van der Waals surface area contributed by atoms with Crippen LogP contribution in [0.3, 0.4) is 0 Å². The Morgan fingerprint density at radius 3 is 2.62 bits per heavy atom. The molecule has 1 amide bonds. The number of nitrogens with two attached hydrogens (primary N) is 1. The quantitative estimate of drug-likeness (QED) is 0.874. The van der Waals surface area contributed by atoms with E-state index in [1.807, 2.05) is 0 Å². The standard InChI is InChI=1S/C15H16N2O4/c1-10-5-6-13(21-10)17(9-14(18)19)15(20)12-4-2-3-11(7-12)8-16/h2-7H,8-9,16H2,1H3,(H,18,19). The first kappa shape index (κ1) is 14.8. The van der Waals surface area contributed by atoms with E-state index in [1.54, 1.807) is 43.3 Å². The first-order valence-electron chi connectivity index (χ1n) is 6.40. The van der Waals surface area contributed by atoms with Crippen molar-refractivity contribution in [2.45, 2.75) is 13.5 Å². The maximum absolute atomic E-state index is 12.5. The van der Waals surface area contributed by atoms with Gasteiger partial charge in [0.25, 0.3) is 5.91 Å². The fraction of sp³-hybridized carbons (Fsp3) is 0.200. The van der Waals surface area contributed by atoms with Gasteiger partial charge in [0, 0.05) is 18.2 Å². The summed E-state index contributed by atoms with van der Waals surface area (Å²) in [5, 5.41) is 8.99. The molecule has 2 rings (SSSR count). The maximum Gasteiger partial charge on any atom is 0.323 e. The van der Waals surface area contributed by atoms with E-state index >= 15 is 0 Å². The lowest BCUT2D eigenvalue weighted by molar-refractivity contribution is -0.135. The molecule has 0 saturated carbocycles. The molecule has 0 fully saturated rings. The summed E-state index contributed by atoms with van der Waals surface area (Å²) >= 11 is 0. The van der Waals surface area contributed by atoms with Gasteiger partial charge < -0.3 is 15.3 Å². The van der Waals surface area contributed by atoms with Crippen LogP contribution in [0.5, 0.6) is 0 Å². The minimum atomic E-state index is -1.12. The topological polar surface area (TPSA) is 96.8 Å².